The average Bonchev–Trinajstić information content (AvgIpc) is 3.46. The smallest absolute Gasteiger partial charge is 0.355 e. The molecule has 0 saturated heterocycles. The number of aliphatic imine (C=N–C) groups is 1. The SMILES string of the molecule is C=C(/C=C\N=CC)[C@H](CC(=O)NC[C@H](Cc1ccc2[nH]ncc2c1)N(C)C)C1(C(F)(F)F)CC1. The Balaban J connectivity index is 1.66. The molecule has 2 aromatic rings. The van der Waals surface area contributed by atoms with E-state index in [1.807, 2.05) is 37.2 Å². The maximum Gasteiger partial charge on any atom is 0.395 e. The first kappa shape index (κ1) is 25.7. The molecule has 1 amide bonds. The van der Waals surface area contributed by atoms with E-state index in [0.717, 1.165) is 16.5 Å². The van der Waals surface area contributed by atoms with Gasteiger partial charge in [0.15, 0.2) is 0 Å². The summed E-state index contributed by atoms with van der Waals surface area (Å²) in [5, 5.41) is 10.8. The number of allylic oxidation sites excluding steroid dienone is 2. The lowest BCUT2D eigenvalue weighted by atomic mass is 9.80. The van der Waals surface area contributed by atoms with Crippen LogP contribution in [0.5, 0.6) is 0 Å². The Bertz CT molecular complexity index is 1070. The van der Waals surface area contributed by atoms with Crippen LogP contribution in [-0.4, -0.2) is 60.1 Å². The third-order valence-electron chi connectivity index (χ3n) is 6.62. The van der Waals surface area contributed by atoms with Gasteiger partial charge in [0.25, 0.3) is 0 Å². The molecular formula is C25H32F3N5O. The number of carbonyl (C=O) groups excluding carboxylic acids is 1. The summed E-state index contributed by atoms with van der Waals surface area (Å²) in [6, 6.07) is 5.99. The van der Waals surface area contributed by atoms with Crippen molar-refractivity contribution >= 4 is 23.0 Å². The number of H-pyrrole nitrogens is 1. The number of likely N-dealkylation sites (N-methyl/N-ethyl adjacent to an activating group) is 1. The second kappa shape index (κ2) is 10.5. The van der Waals surface area contributed by atoms with Crippen LogP contribution in [-0.2, 0) is 11.2 Å². The Labute approximate surface area is 198 Å². The fourth-order valence-corrected chi connectivity index (χ4v) is 4.30. The molecule has 1 aromatic carbocycles. The van der Waals surface area contributed by atoms with Gasteiger partial charge in [-0.15, -0.1) is 0 Å². The molecule has 0 aliphatic heterocycles. The Morgan fingerprint density at radius 3 is 2.74 bits per heavy atom. The average molecular weight is 476 g/mol. The van der Waals surface area contributed by atoms with E-state index in [4.69, 9.17) is 0 Å². The van der Waals surface area contributed by atoms with Crippen LogP contribution in [0, 0.1) is 11.3 Å². The van der Waals surface area contributed by atoms with E-state index in [0.29, 0.717) is 13.0 Å². The third kappa shape index (κ3) is 5.94. The van der Waals surface area contributed by atoms with Crippen LogP contribution in [0.2, 0.25) is 0 Å². The van der Waals surface area contributed by atoms with Gasteiger partial charge >= 0.3 is 6.18 Å². The molecule has 9 heteroatoms. The molecule has 1 aliphatic carbocycles. The lowest BCUT2D eigenvalue weighted by Crippen LogP contribution is -2.43. The molecule has 1 aromatic heterocycles. The highest BCUT2D eigenvalue weighted by Crippen LogP contribution is 2.64. The predicted molar refractivity (Wildman–Crippen MR) is 129 cm³/mol. The number of rotatable bonds is 11. The number of amides is 1. The zero-order valence-corrected chi connectivity index (χ0v) is 19.8. The van der Waals surface area contributed by atoms with Gasteiger partial charge in [-0.1, -0.05) is 12.6 Å². The maximum atomic E-state index is 13.9. The number of nitrogens with zero attached hydrogens (tertiary/aromatic N) is 3. The maximum absolute atomic E-state index is 13.9. The van der Waals surface area contributed by atoms with Gasteiger partial charge in [-0.05, 0) is 69.6 Å². The Morgan fingerprint density at radius 2 is 2.12 bits per heavy atom. The van der Waals surface area contributed by atoms with Gasteiger partial charge in [0, 0.05) is 42.7 Å². The number of fused-ring (bicyclic) bond motifs is 1. The molecule has 3 rings (SSSR count). The van der Waals surface area contributed by atoms with Gasteiger partial charge < -0.3 is 10.2 Å². The number of hydrogen-bond acceptors (Lipinski definition) is 4. The highest BCUT2D eigenvalue weighted by Gasteiger charge is 2.67. The van der Waals surface area contributed by atoms with Gasteiger partial charge in [-0.3, -0.25) is 14.9 Å². The van der Waals surface area contributed by atoms with Crippen LogP contribution >= 0.6 is 0 Å². The van der Waals surface area contributed by atoms with Gasteiger partial charge in [0.2, 0.25) is 5.91 Å². The normalized spacial score (nSPS) is 17.5. The van der Waals surface area contributed by atoms with Crippen LogP contribution in [0.4, 0.5) is 13.2 Å². The first-order chi connectivity index (χ1) is 16.1. The zero-order chi connectivity index (χ0) is 24.9. The summed E-state index contributed by atoms with van der Waals surface area (Å²) < 4.78 is 41.6. The molecule has 1 heterocycles. The molecule has 1 aliphatic rings. The van der Waals surface area contributed by atoms with E-state index in [1.165, 1.54) is 18.5 Å². The zero-order valence-electron chi connectivity index (χ0n) is 19.8. The lowest BCUT2D eigenvalue weighted by Gasteiger charge is -2.30. The molecule has 1 saturated carbocycles. The summed E-state index contributed by atoms with van der Waals surface area (Å²) >= 11 is 0. The number of benzene rings is 1. The summed E-state index contributed by atoms with van der Waals surface area (Å²) in [4.78, 5) is 18.7. The monoisotopic (exact) mass is 475 g/mol. The molecule has 0 spiro atoms. The van der Waals surface area contributed by atoms with Crippen LogP contribution < -0.4 is 5.32 Å². The minimum Gasteiger partial charge on any atom is -0.355 e. The van der Waals surface area contributed by atoms with Gasteiger partial charge in [-0.2, -0.15) is 18.3 Å². The van der Waals surface area contributed by atoms with E-state index in [-0.39, 0.29) is 30.9 Å². The summed E-state index contributed by atoms with van der Waals surface area (Å²) in [6.07, 6.45) is 2.22. The quantitative estimate of drug-likeness (QED) is 0.367. The molecule has 2 N–H and O–H groups in total. The molecular weight excluding hydrogens is 443 g/mol. The second-order valence-electron chi connectivity index (χ2n) is 9.13. The highest BCUT2D eigenvalue weighted by atomic mass is 19.4. The number of aromatic nitrogens is 2. The van der Waals surface area contributed by atoms with Crippen molar-refractivity contribution in [2.75, 3.05) is 20.6 Å². The molecule has 1 fully saturated rings. The number of hydrogen-bond donors (Lipinski definition) is 2. The number of nitrogens with one attached hydrogen (secondary N) is 2. The molecule has 184 valence electrons. The van der Waals surface area contributed by atoms with Gasteiger partial charge in [0.05, 0.1) is 17.1 Å². The molecule has 2 atom stereocenters. The minimum atomic E-state index is -4.39. The number of aromatic amines is 1. The van der Waals surface area contributed by atoms with E-state index < -0.39 is 23.4 Å². The van der Waals surface area contributed by atoms with Crippen molar-refractivity contribution in [1.29, 1.82) is 0 Å². The molecule has 0 bridgehead atoms. The van der Waals surface area contributed by atoms with Gasteiger partial charge in [0.1, 0.15) is 0 Å². The van der Waals surface area contributed by atoms with Gasteiger partial charge in [-0.25, -0.2) is 0 Å². The third-order valence-corrected chi connectivity index (χ3v) is 6.62. The van der Waals surface area contributed by atoms with Crippen molar-refractivity contribution in [2.45, 2.75) is 44.8 Å². The first-order valence-corrected chi connectivity index (χ1v) is 11.3. The van der Waals surface area contributed by atoms with E-state index >= 15 is 0 Å². The highest BCUT2D eigenvalue weighted by molar-refractivity contribution is 5.78. The van der Waals surface area contributed by atoms with Crippen LogP contribution in [0.3, 0.4) is 0 Å². The Kier molecular flexibility index (Phi) is 7.97. The fraction of sp³-hybridized carbons (Fsp3) is 0.480. The van der Waals surface area contributed by atoms with Crippen molar-refractivity contribution in [3.63, 3.8) is 0 Å². The summed E-state index contributed by atoms with van der Waals surface area (Å²) in [5.41, 5.74) is 0.418. The number of alkyl halides is 3. The van der Waals surface area contributed by atoms with E-state index in [1.54, 1.807) is 13.1 Å². The van der Waals surface area contributed by atoms with Crippen LogP contribution in [0.25, 0.3) is 10.9 Å². The van der Waals surface area contributed by atoms with Crippen LogP contribution in [0.15, 0.2) is 53.8 Å². The van der Waals surface area contributed by atoms with Crippen molar-refractivity contribution in [2.24, 2.45) is 16.3 Å². The largest absolute Gasteiger partial charge is 0.395 e. The first-order valence-electron chi connectivity index (χ1n) is 11.3. The standard InChI is InChI=1S/C25H32F3N5O/c1-5-29-11-8-17(2)21(24(9-10-24)25(26,27)28)14-23(34)30-16-20(33(3)4)13-18-6-7-22-19(12-18)15-31-32-22/h5-8,11-12,15,20-21H,2,9-10,13-14,16H2,1,3-4H3,(H,30,34)(H,31,32)/b11-8-,29-5?/t20-,21-/m0/s1. The summed E-state index contributed by atoms with van der Waals surface area (Å²) in [7, 11) is 3.83. The molecule has 6 nitrogen and oxygen atoms in total. The number of halogens is 3. The molecule has 34 heavy (non-hydrogen) atoms. The predicted octanol–water partition coefficient (Wildman–Crippen LogP) is 4.66. The van der Waals surface area contributed by atoms with E-state index in [9.17, 15) is 18.0 Å². The van der Waals surface area contributed by atoms with Crippen LogP contribution in [0.1, 0.15) is 31.7 Å². The molecule has 0 radical (unpaired) electrons. The Morgan fingerprint density at radius 1 is 1.38 bits per heavy atom. The molecule has 0 unspecified atom stereocenters. The lowest BCUT2D eigenvalue weighted by molar-refractivity contribution is -0.199. The number of carbonyl (C=O) groups is 1. The minimum absolute atomic E-state index is 0.00909. The summed E-state index contributed by atoms with van der Waals surface area (Å²) in [5.74, 6) is -1.43. The second-order valence-corrected chi connectivity index (χ2v) is 9.13. The van der Waals surface area contributed by atoms with Crippen molar-refractivity contribution in [1.82, 2.24) is 20.4 Å². The summed E-state index contributed by atoms with van der Waals surface area (Å²) in [6.45, 7) is 5.88. The fourth-order valence-electron chi connectivity index (χ4n) is 4.30. The Hall–Kier alpha value is -2.94. The van der Waals surface area contributed by atoms with Crippen molar-refractivity contribution < 1.29 is 18.0 Å². The van der Waals surface area contributed by atoms with Crippen molar-refractivity contribution in [3.8, 4) is 0 Å². The van der Waals surface area contributed by atoms with E-state index in [2.05, 4.69) is 27.1 Å². The van der Waals surface area contributed by atoms with Crippen molar-refractivity contribution in [3.05, 3.63) is 54.4 Å². The topological polar surface area (TPSA) is 73.4 Å².